The van der Waals surface area contributed by atoms with Crippen LogP contribution in [-0.2, 0) is 22.7 Å². The normalized spacial score (nSPS) is 10.3. The lowest BCUT2D eigenvalue weighted by atomic mass is 10.1. The number of nitrogens with one attached hydrogen (secondary N) is 2. The van der Waals surface area contributed by atoms with E-state index < -0.39 is 5.82 Å². The van der Waals surface area contributed by atoms with E-state index in [-0.39, 0.29) is 12.5 Å². The van der Waals surface area contributed by atoms with Crippen molar-refractivity contribution >= 4 is 11.6 Å². The number of carbonyl (C=O) groups is 1. The van der Waals surface area contributed by atoms with E-state index in [1.807, 2.05) is 24.3 Å². The fraction of sp³-hybridized carbons (Fsp3) is 0.278. The van der Waals surface area contributed by atoms with Crippen LogP contribution in [0.4, 0.5) is 10.1 Å². The van der Waals surface area contributed by atoms with Crippen molar-refractivity contribution in [1.82, 2.24) is 5.32 Å². The number of benzene rings is 2. The van der Waals surface area contributed by atoms with Gasteiger partial charge in [-0.15, -0.1) is 0 Å². The van der Waals surface area contributed by atoms with Gasteiger partial charge in [-0.25, -0.2) is 4.39 Å². The zero-order valence-electron chi connectivity index (χ0n) is 13.8. The van der Waals surface area contributed by atoms with Gasteiger partial charge >= 0.3 is 0 Å². The topological polar surface area (TPSA) is 59.6 Å². The summed E-state index contributed by atoms with van der Waals surface area (Å²) in [5, 5.41) is 5.77. The molecule has 0 aromatic heterocycles. The molecule has 5 nitrogen and oxygen atoms in total. The number of ether oxygens (including phenoxy) is 2. The van der Waals surface area contributed by atoms with Crippen LogP contribution in [0.25, 0.3) is 0 Å². The maximum atomic E-state index is 13.1. The molecule has 0 saturated carbocycles. The Morgan fingerprint density at radius 2 is 1.92 bits per heavy atom. The molecule has 0 heterocycles. The fourth-order valence-electron chi connectivity index (χ4n) is 2.25. The molecule has 0 aliphatic carbocycles. The van der Waals surface area contributed by atoms with E-state index in [9.17, 15) is 9.18 Å². The number of halogens is 1. The fourth-order valence-corrected chi connectivity index (χ4v) is 2.25. The third kappa shape index (κ3) is 5.24. The van der Waals surface area contributed by atoms with E-state index in [2.05, 4.69) is 10.6 Å². The predicted octanol–water partition coefficient (Wildman–Crippen LogP) is 2.71. The van der Waals surface area contributed by atoms with Crippen LogP contribution in [0.3, 0.4) is 0 Å². The second-order valence-corrected chi connectivity index (χ2v) is 5.23. The minimum Gasteiger partial charge on any atom is -0.494 e. The van der Waals surface area contributed by atoms with Crippen LogP contribution in [0.2, 0.25) is 0 Å². The summed E-state index contributed by atoms with van der Waals surface area (Å²) >= 11 is 0. The quantitative estimate of drug-likeness (QED) is 0.780. The third-order valence-electron chi connectivity index (χ3n) is 3.40. The van der Waals surface area contributed by atoms with Gasteiger partial charge in [0.05, 0.1) is 25.9 Å². The Morgan fingerprint density at radius 3 is 2.67 bits per heavy atom. The molecule has 0 bridgehead atoms. The molecule has 0 aliphatic rings. The van der Waals surface area contributed by atoms with E-state index in [0.717, 1.165) is 11.1 Å². The van der Waals surface area contributed by atoms with E-state index in [1.165, 1.54) is 25.3 Å². The van der Waals surface area contributed by atoms with Crippen LogP contribution in [0.1, 0.15) is 11.1 Å². The lowest BCUT2D eigenvalue weighted by Gasteiger charge is -2.11. The zero-order valence-corrected chi connectivity index (χ0v) is 13.8. The molecule has 2 aromatic carbocycles. The molecule has 0 saturated heterocycles. The maximum absolute atomic E-state index is 13.1. The molecule has 2 aromatic rings. The summed E-state index contributed by atoms with van der Waals surface area (Å²) in [5.41, 5.74) is 2.62. The van der Waals surface area contributed by atoms with Crippen molar-refractivity contribution in [3.05, 3.63) is 59.4 Å². The van der Waals surface area contributed by atoms with Gasteiger partial charge in [-0.2, -0.15) is 0 Å². The molecule has 0 radical (unpaired) electrons. The number of carbonyl (C=O) groups excluding carboxylic acids is 1. The van der Waals surface area contributed by atoms with E-state index in [1.54, 1.807) is 7.11 Å². The lowest BCUT2D eigenvalue weighted by molar-refractivity contribution is -0.119. The van der Waals surface area contributed by atoms with Crippen molar-refractivity contribution in [3.8, 4) is 5.75 Å². The Bertz CT molecular complexity index is 692. The monoisotopic (exact) mass is 332 g/mol. The second kappa shape index (κ2) is 8.88. The largest absolute Gasteiger partial charge is 0.494 e. The number of methoxy groups -OCH3 is 2. The first-order chi connectivity index (χ1) is 11.6. The van der Waals surface area contributed by atoms with Crippen LogP contribution in [0, 0.1) is 5.82 Å². The Kier molecular flexibility index (Phi) is 6.57. The van der Waals surface area contributed by atoms with Crippen LogP contribution < -0.4 is 15.4 Å². The average molecular weight is 332 g/mol. The van der Waals surface area contributed by atoms with Gasteiger partial charge in [-0.3, -0.25) is 4.79 Å². The van der Waals surface area contributed by atoms with Crippen LogP contribution >= 0.6 is 0 Å². The third-order valence-corrected chi connectivity index (χ3v) is 3.40. The number of amides is 1. The number of rotatable bonds is 8. The summed E-state index contributed by atoms with van der Waals surface area (Å²) in [5.74, 6) is -0.202. The van der Waals surface area contributed by atoms with Crippen molar-refractivity contribution in [2.24, 2.45) is 0 Å². The Hall–Kier alpha value is -2.60. The first kappa shape index (κ1) is 17.7. The van der Waals surface area contributed by atoms with Gasteiger partial charge < -0.3 is 20.1 Å². The SMILES string of the molecule is COCc1cccc(CNC(=O)CNc2ccc(F)cc2OC)c1. The van der Waals surface area contributed by atoms with E-state index >= 15 is 0 Å². The van der Waals surface area contributed by atoms with Gasteiger partial charge in [-0.05, 0) is 23.3 Å². The standard InChI is InChI=1S/C18H21FN2O3/c1-23-12-14-5-3-4-13(8-14)10-21-18(22)11-20-16-7-6-15(19)9-17(16)24-2/h3-9,20H,10-12H2,1-2H3,(H,21,22). The predicted molar refractivity (Wildman–Crippen MR) is 90.4 cm³/mol. The van der Waals surface area contributed by atoms with Crippen LogP contribution in [-0.4, -0.2) is 26.7 Å². The number of hydrogen-bond acceptors (Lipinski definition) is 4. The Morgan fingerprint density at radius 1 is 1.12 bits per heavy atom. The summed E-state index contributed by atoms with van der Waals surface area (Å²) in [7, 11) is 3.09. The molecular formula is C18H21FN2O3. The van der Waals surface area contributed by atoms with E-state index in [0.29, 0.717) is 24.6 Å². The molecule has 2 rings (SSSR count). The highest BCUT2D eigenvalue weighted by Crippen LogP contribution is 2.24. The van der Waals surface area contributed by atoms with Crippen molar-refractivity contribution in [2.45, 2.75) is 13.2 Å². The van der Waals surface area contributed by atoms with Crippen molar-refractivity contribution < 1.29 is 18.7 Å². The van der Waals surface area contributed by atoms with Gasteiger partial charge in [0.25, 0.3) is 0 Å². The van der Waals surface area contributed by atoms with Gasteiger partial charge in [0.2, 0.25) is 5.91 Å². The van der Waals surface area contributed by atoms with Gasteiger partial charge in [0.1, 0.15) is 11.6 Å². The van der Waals surface area contributed by atoms with Crippen molar-refractivity contribution in [2.75, 3.05) is 26.1 Å². The van der Waals surface area contributed by atoms with Crippen LogP contribution in [0.15, 0.2) is 42.5 Å². The van der Waals surface area contributed by atoms with Crippen molar-refractivity contribution in [3.63, 3.8) is 0 Å². The highest BCUT2D eigenvalue weighted by molar-refractivity contribution is 5.81. The minimum absolute atomic E-state index is 0.0692. The summed E-state index contributed by atoms with van der Waals surface area (Å²) in [6.45, 7) is 1.03. The molecule has 0 unspecified atom stereocenters. The molecule has 24 heavy (non-hydrogen) atoms. The summed E-state index contributed by atoms with van der Waals surface area (Å²) in [6.07, 6.45) is 0. The summed E-state index contributed by atoms with van der Waals surface area (Å²) < 4.78 is 23.3. The number of hydrogen-bond donors (Lipinski definition) is 2. The molecule has 2 N–H and O–H groups in total. The van der Waals surface area contributed by atoms with E-state index in [4.69, 9.17) is 9.47 Å². The minimum atomic E-state index is -0.391. The number of anilines is 1. The average Bonchev–Trinajstić information content (AvgIpc) is 2.59. The lowest BCUT2D eigenvalue weighted by Crippen LogP contribution is -2.29. The molecular weight excluding hydrogens is 311 g/mol. The molecule has 128 valence electrons. The first-order valence-electron chi connectivity index (χ1n) is 7.53. The van der Waals surface area contributed by atoms with Gasteiger partial charge in [0.15, 0.2) is 0 Å². The van der Waals surface area contributed by atoms with Gasteiger partial charge in [0, 0.05) is 19.7 Å². The zero-order chi connectivity index (χ0) is 17.4. The van der Waals surface area contributed by atoms with Crippen molar-refractivity contribution in [1.29, 1.82) is 0 Å². The first-order valence-corrected chi connectivity index (χ1v) is 7.53. The highest BCUT2D eigenvalue weighted by Gasteiger charge is 2.07. The second-order valence-electron chi connectivity index (χ2n) is 5.23. The molecule has 0 fully saturated rings. The summed E-state index contributed by atoms with van der Waals surface area (Å²) in [4.78, 5) is 12.0. The Labute approximate surface area is 140 Å². The van der Waals surface area contributed by atoms with Gasteiger partial charge in [-0.1, -0.05) is 24.3 Å². The maximum Gasteiger partial charge on any atom is 0.239 e. The van der Waals surface area contributed by atoms with Crippen LogP contribution in [0.5, 0.6) is 5.75 Å². The molecule has 0 atom stereocenters. The molecule has 0 aliphatic heterocycles. The smallest absolute Gasteiger partial charge is 0.239 e. The molecule has 6 heteroatoms. The molecule has 0 spiro atoms. The highest BCUT2D eigenvalue weighted by atomic mass is 19.1. The summed E-state index contributed by atoms with van der Waals surface area (Å²) in [6, 6.07) is 11.9. The molecule has 1 amide bonds. The Balaban J connectivity index is 1.84.